The van der Waals surface area contributed by atoms with Crippen molar-refractivity contribution in [1.82, 2.24) is 15.1 Å². The maximum Gasteiger partial charge on any atom is 0.272 e. The van der Waals surface area contributed by atoms with E-state index in [9.17, 15) is 4.79 Å². The Hall–Kier alpha value is -2.01. The first-order valence-electron chi connectivity index (χ1n) is 11.1. The number of carbonyl (C=O) groups is 1. The highest BCUT2D eigenvalue weighted by molar-refractivity contribution is 6.35. The molecule has 32 heavy (non-hydrogen) atoms. The van der Waals surface area contributed by atoms with E-state index in [1.807, 2.05) is 28.9 Å². The number of nitrogens with one attached hydrogen (secondary N) is 1. The van der Waals surface area contributed by atoms with Crippen LogP contribution in [-0.4, -0.2) is 21.7 Å². The van der Waals surface area contributed by atoms with Crippen LogP contribution in [0.5, 0.6) is 0 Å². The lowest BCUT2D eigenvalue weighted by atomic mass is 9.91. The zero-order valence-electron chi connectivity index (χ0n) is 17.6. The number of benzene rings is 2. The molecule has 0 spiro atoms. The standard InChI is InChI=1S/C25H24Cl3N3O/c26-17-7-5-15(6-8-17)13-16-3-1-2-4-20-23(25(32)29-19-10-11-19)30-31(24(16)20)22-12-9-18(27)14-21(22)28/h5-9,12,14,16,19H,1-4,10-11,13H2,(H,29,32). The summed E-state index contributed by atoms with van der Waals surface area (Å²) in [5, 5.41) is 9.77. The monoisotopic (exact) mass is 487 g/mol. The van der Waals surface area contributed by atoms with Gasteiger partial charge in [-0.3, -0.25) is 4.79 Å². The second-order valence-corrected chi connectivity index (χ2v) is 10.0. The smallest absolute Gasteiger partial charge is 0.272 e. The summed E-state index contributed by atoms with van der Waals surface area (Å²) in [5.74, 6) is 0.134. The molecule has 166 valence electrons. The van der Waals surface area contributed by atoms with E-state index in [1.165, 1.54) is 5.56 Å². The average molecular weight is 489 g/mol. The minimum atomic E-state index is -0.0836. The molecule has 1 amide bonds. The van der Waals surface area contributed by atoms with Gasteiger partial charge in [0.1, 0.15) is 0 Å². The molecule has 2 aliphatic carbocycles. The molecule has 0 radical (unpaired) electrons. The largest absolute Gasteiger partial charge is 0.348 e. The van der Waals surface area contributed by atoms with Crippen LogP contribution in [0.4, 0.5) is 0 Å². The molecule has 1 heterocycles. The molecule has 5 rings (SSSR count). The summed E-state index contributed by atoms with van der Waals surface area (Å²) in [5.41, 5.74) is 4.63. The lowest BCUT2D eigenvalue weighted by Gasteiger charge is -2.19. The van der Waals surface area contributed by atoms with Crippen molar-refractivity contribution >= 4 is 40.7 Å². The highest BCUT2D eigenvalue weighted by atomic mass is 35.5. The highest BCUT2D eigenvalue weighted by Crippen LogP contribution is 2.38. The van der Waals surface area contributed by atoms with Gasteiger partial charge in [-0.05, 0) is 74.4 Å². The van der Waals surface area contributed by atoms with Crippen molar-refractivity contribution in [1.29, 1.82) is 0 Å². The molecule has 0 bridgehead atoms. The van der Waals surface area contributed by atoms with Crippen molar-refractivity contribution in [2.45, 2.75) is 56.9 Å². The van der Waals surface area contributed by atoms with E-state index in [2.05, 4.69) is 17.4 Å². The van der Waals surface area contributed by atoms with Crippen LogP contribution in [0.15, 0.2) is 42.5 Å². The lowest BCUT2D eigenvalue weighted by molar-refractivity contribution is 0.0944. The molecule has 1 unspecified atom stereocenters. The Morgan fingerprint density at radius 1 is 1.00 bits per heavy atom. The molecule has 3 aromatic rings. The van der Waals surface area contributed by atoms with Gasteiger partial charge in [-0.15, -0.1) is 0 Å². The maximum absolute atomic E-state index is 13.1. The number of halogens is 3. The van der Waals surface area contributed by atoms with Crippen LogP contribution in [0.25, 0.3) is 5.69 Å². The van der Waals surface area contributed by atoms with Gasteiger partial charge in [0.15, 0.2) is 5.69 Å². The fourth-order valence-electron chi connectivity index (χ4n) is 4.56. The van der Waals surface area contributed by atoms with Crippen LogP contribution in [0.1, 0.15) is 65.3 Å². The Kier molecular flexibility index (Phi) is 6.20. The van der Waals surface area contributed by atoms with E-state index in [0.29, 0.717) is 15.7 Å². The van der Waals surface area contributed by atoms with E-state index in [4.69, 9.17) is 39.9 Å². The zero-order valence-corrected chi connectivity index (χ0v) is 19.9. The number of aromatic nitrogens is 2. The summed E-state index contributed by atoms with van der Waals surface area (Å²) in [4.78, 5) is 13.1. The molecular weight excluding hydrogens is 465 g/mol. The molecular formula is C25H24Cl3N3O. The minimum absolute atomic E-state index is 0.0836. The number of hydrogen-bond acceptors (Lipinski definition) is 2. The van der Waals surface area contributed by atoms with Gasteiger partial charge in [-0.25, -0.2) is 4.68 Å². The number of rotatable bonds is 5. The van der Waals surface area contributed by atoms with E-state index in [0.717, 1.165) is 66.9 Å². The average Bonchev–Trinajstić information content (AvgIpc) is 3.53. The van der Waals surface area contributed by atoms with Gasteiger partial charge in [-0.1, -0.05) is 53.4 Å². The molecule has 1 atom stereocenters. The Morgan fingerprint density at radius 2 is 1.75 bits per heavy atom. The van der Waals surface area contributed by atoms with Gasteiger partial charge in [0, 0.05) is 27.6 Å². The fraction of sp³-hybridized carbons (Fsp3) is 0.360. The third-order valence-corrected chi connectivity index (χ3v) is 7.09. The van der Waals surface area contributed by atoms with Crippen molar-refractivity contribution in [2.24, 2.45) is 0 Å². The highest BCUT2D eigenvalue weighted by Gasteiger charge is 2.33. The predicted molar refractivity (Wildman–Crippen MR) is 130 cm³/mol. The molecule has 1 fully saturated rings. The minimum Gasteiger partial charge on any atom is -0.348 e. The number of hydrogen-bond donors (Lipinski definition) is 1. The first-order valence-corrected chi connectivity index (χ1v) is 12.3. The molecule has 2 aromatic carbocycles. The molecule has 7 heteroatoms. The lowest BCUT2D eigenvalue weighted by Crippen LogP contribution is -2.26. The summed E-state index contributed by atoms with van der Waals surface area (Å²) in [7, 11) is 0. The molecule has 4 nitrogen and oxygen atoms in total. The molecule has 2 aliphatic rings. The van der Waals surface area contributed by atoms with Crippen LogP contribution >= 0.6 is 34.8 Å². The van der Waals surface area contributed by atoms with Crippen molar-refractivity contribution in [3.05, 3.63) is 80.0 Å². The number of amides is 1. The van der Waals surface area contributed by atoms with E-state index in [-0.39, 0.29) is 17.9 Å². The summed E-state index contributed by atoms with van der Waals surface area (Å²) in [6.45, 7) is 0. The Morgan fingerprint density at radius 3 is 2.47 bits per heavy atom. The Balaban J connectivity index is 1.62. The fourth-order valence-corrected chi connectivity index (χ4v) is 5.18. The first-order chi connectivity index (χ1) is 15.5. The number of carbonyl (C=O) groups excluding carboxylic acids is 1. The van der Waals surface area contributed by atoms with Gasteiger partial charge in [0.05, 0.1) is 16.4 Å². The summed E-state index contributed by atoms with van der Waals surface area (Å²) in [6.07, 6.45) is 6.93. The van der Waals surface area contributed by atoms with Crippen LogP contribution < -0.4 is 5.32 Å². The van der Waals surface area contributed by atoms with Crippen molar-refractivity contribution in [3.63, 3.8) is 0 Å². The number of fused-ring (bicyclic) bond motifs is 1. The van der Waals surface area contributed by atoms with Crippen molar-refractivity contribution in [3.8, 4) is 5.69 Å². The summed E-state index contributed by atoms with van der Waals surface area (Å²) >= 11 is 18.8. The van der Waals surface area contributed by atoms with Crippen molar-refractivity contribution in [2.75, 3.05) is 0 Å². The van der Waals surface area contributed by atoms with E-state index >= 15 is 0 Å². The van der Waals surface area contributed by atoms with E-state index < -0.39 is 0 Å². The third kappa shape index (κ3) is 4.54. The molecule has 1 N–H and O–H groups in total. The molecule has 0 aliphatic heterocycles. The van der Waals surface area contributed by atoms with E-state index in [1.54, 1.807) is 6.07 Å². The quantitative estimate of drug-likeness (QED) is 0.402. The molecule has 1 saturated carbocycles. The Bertz CT molecular complexity index is 1150. The van der Waals surface area contributed by atoms with Gasteiger partial charge < -0.3 is 5.32 Å². The zero-order chi connectivity index (χ0) is 22.2. The van der Waals surface area contributed by atoms with Gasteiger partial charge >= 0.3 is 0 Å². The SMILES string of the molecule is O=C(NC1CC1)c1nn(-c2ccc(Cl)cc2Cl)c2c1CCCCC2Cc1ccc(Cl)cc1. The van der Waals surface area contributed by atoms with Gasteiger partial charge in [-0.2, -0.15) is 5.10 Å². The van der Waals surface area contributed by atoms with Crippen LogP contribution in [0.2, 0.25) is 15.1 Å². The second kappa shape index (κ2) is 9.09. The van der Waals surface area contributed by atoms with Crippen LogP contribution in [-0.2, 0) is 12.8 Å². The third-order valence-electron chi connectivity index (χ3n) is 6.30. The number of nitrogens with zero attached hydrogens (tertiary/aromatic N) is 2. The molecule has 1 aromatic heterocycles. The first kappa shape index (κ1) is 21.8. The second-order valence-electron chi connectivity index (χ2n) is 8.74. The van der Waals surface area contributed by atoms with Gasteiger partial charge in [0.2, 0.25) is 0 Å². The summed E-state index contributed by atoms with van der Waals surface area (Å²) < 4.78 is 1.89. The molecule has 0 saturated heterocycles. The summed E-state index contributed by atoms with van der Waals surface area (Å²) in [6, 6.07) is 13.7. The van der Waals surface area contributed by atoms with Crippen molar-refractivity contribution < 1.29 is 4.79 Å². The Labute approximate surface area is 202 Å². The topological polar surface area (TPSA) is 46.9 Å². The van der Waals surface area contributed by atoms with Crippen LogP contribution in [0.3, 0.4) is 0 Å². The van der Waals surface area contributed by atoms with Crippen LogP contribution in [0, 0.1) is 0 Å². The normalized spacial score (nSPS) is 18.2. The predicted octanol–water partition coefficient (Wildman–Crippen LogP) is 6.78. The maximum atomic E-state index is 13.1. The van der Waals surface area contributed by atoms with Gasteiger partial charge in [0.25, 0.3) is 5.91 Å².